The first-order valence-electron chi connectivity index (χ1n) is 8.69. The second kappa shape index (κ2) is 9.94. The highest BCUT2D eigenvalue weighted by molar-refractivity contribution is 6.32. The van der Waals surface area contributed by atoms with Gasteiger partial charge in [-0.2, -0.15) is 8.78 Å². The molecule has 0 radical (unpaired) electrons. The van der Waals surface area contributed by atoms with Gasteiger partial charge < -0.3 is 29.6 Å². The molecule has 0 aliphatic carbocycles. The van der Waals surface area contributed by atoms with Crippen molar-refractivity contribution in [3.8, 4) is 17.2 Å². The van der Waals surface area contributed by atoms with Gasteiger partial charge in [0.2, 0.25) is 6.79 Å². The number of carbonyl (C=O) groups is 3. The van der Waals surface area contributed by atoms with E-state index in [1.807, 2.05) is 0 Å². The minimum atomic E-state index is -3.04. The van der Waals surface area contributed by atoms with Crippen LogP contribution in [0.4, 0.5) is 14.5 Å². The van der Waals surface area contributed by atoms with Crippen LogP contribution in [-0.4, -0.2) is 44.3 Å². The number of alkyl halides is 2. The van der Waals surface area contributed by atoms with Crippen LogP contribution in [0.5, 0.6) is 17.2 Å². The van der Waals surface area contributed by atoms with Crippen molar-refractivity contribution < 1.29 is 42.1 Å². The van der Waals surface area contributed by atoms with Crippen LogP contribution in [0.25, 0.3) is 0 Å². The molecule has 3 rings (SSSR count). The van der Waals surface area contributed by atoms with Gasteiger partial charge in [-0.05, 0) is 36.4 Å². The lowest BCUT2D eigenvalue weighted by molar-refractivity contribution is -0.146. The fourth-order valence-corrected chi connectivity index (χ4v) is 2.68. The fraction of sp³-hybridized carbons (Fsp3) is 0.211. The molecule has 0 bridgehead atoms. The normalized spacial score (nSPS) is 11.7. The molecule has 1 heterocycles. The summed E-state index contributed by atoms with van der Waals surface area (Å²) in [5.74, 6) is -1.41. The van der Waals surface area contributed by atoms with Crippen LogP contribution in [0.3, 0.4) is 0 Å². The van der Waals surface area contributed by atoms with Crippen molar-refractivity contribution in [2.45, 2.75) is 6.61 Å². The average molecular weight is 457 g/mol. The summed E-state index contributed by atoms with van der Waals surface area (Å²) in [6.45, 7) is -4.07. The number of amides is 2. The molecule has 2 amide bonds. The molecule has 12 heteroatoms. The SMILES string of the molecule is O=C(COC(=O)CNC(=O)c1ccc2c(c1)OCO2)Nc1ccc(OC(F)F)c(Cl)c1. The Hall–Kier alpha value is -3.60. The van der Waals surface area contributed by atoms with Crippen molar-refractivity contribution in [3.05, 3.63) is 47.0 Å². The van der Waals surface area contributed by atoms with E-state index in [-0.39, 0.29) is 28.8 Å². The number of halogens is 3. The van der Waals surface area contributed by atoms with Crippen LogP contribution < -0.4 is 24.8 Å². The van der Waals surface area contributed by atoms with E-state index in [4.69, 9.17) is 25.8 Å². The van der Waals surface area contributed by atoms with E-state index < -0.39 is 37.5 Å². The highest BCUT2D eigenvalue weighted by Crippen LogP contribution is 2.32. The summed E-state index contributed by atoms with van der Waals surface area (Å²) in [6.07, 6.45) is 0. The maximum absolute atomic E-state index is 12.2. The van der Waals surface area contributed by atoms with Gasteiger partial charge in [-0.3, -0.25) is 14.4 Å². The van der Waals surface area contributed by atoms with Crippen molar-refractivity contribution >= 4 is 35.1 Å². The number of hydrogen-bond donors (Lipinski definition) is 2. The molecule has 1 aliphatic rings. The topological polar surface area (TPSA) is 112 Å². The molecule has 2 aromatic carbocycles. The number of carbonyl (C=O) groups excluding carboxylic acids is 3. The minimum absolute atomic E-state index is 0.0641. The summed E-state index contributed by atoms with van der Waals surface area (Å²) >= 11 is 5.79. The molecule has 0 saturated carbocycles. The molecular weight excluding hydrogens is 442 g/mol. The van der Waals surface area contributed by atoms with E-state index >= 15 is 0 Å². The standard InChI is InChI=1S/C19H15ClF2N2O7/c20-12-6-11(2-4-13(12)31-19(21)22)24-16(25)8-28-17(26)7-23-18(27)10-1-3-14-15(5-10)30-9-29-14/h1-6,19H,7-9H2,(H,23,27)(H,24,25). The molecule has 2 aromatic rings. The third-order valence-electron chi connectivity index (χ3n) is 3.82. The number of esters is 1. The zero-order valence-corrected chi connectivity index (χ0v) is 16.4. The number of hydrogen-bond acceptors (Lipinski definition) is 7. The van der Waals surface area contributed by atoms with Crippen LogP contribution in [0.2, 0.25) is 5.02 Å². The predicted octanol–water partition coefficient (Wildman–Crippen LogP) is 2.58. The van der Waals surface area contributed by atoms with Crippen LogP contribution in [-0.2, 0) is 14.3 Å². The van der Waals surface area contributed by atoms with E-state index in [0.717, 1.165) is 6.07 Å². The van der Waals surface area contributed by atoms with Gasteiger partial charge in [0.25, 0.3) is 11.8 Å². The van der Waals surface area contributed by atoms with E-state index in [1.54, 1.807) is 6.07 Å². The zero-order valence-electron chi connectivity index (χ0n) is 15.7. The number of ether oxygens (including phenoxy) is 4. The zero-order chi connectivity index (χ0) is 22.4. The summed E-state index contributed by atoms with van der Waals surface area (Å²) in [7, 11) is 0. The first-order valence-corrected chi connectivity index (χ1v) is 9.07. The molecule has 31 heavy (non-hydrogen) atoms. The molecule has 2 N–H and O–H groups in total. The summed E-state index contributed by atoms with van der Waals surface area (Å²) in [5.41, 5.74) is 0.440. The van der Waals surface area contributed by atoms with Crippen LogP contribution in [0.1, 0.15) is 10.4 Å². The largest absolute Gasteiger partial charge is 0.454 e. The summed E-state index contributed by atoms with van der Waals surface area (Å²) < 4.78 is 43.7. The Balaban J connectivity index is 1.41. The number of nitrogens with one attached hydrogen (secondary N) is 2. The molecule has 0 spiro atoms. The van der Waals surface area contributed by atoms with Gasteiger partial charge in [-0.15, -0.1) is 0 Å². The predicted molar refractivity (Wildman–Crippen MR) is 103 cm³/mol. The third kappa shape index (κ3) is 6.19. The molecule has 0 saturated heterocycles. The van der Waals surface area contributed by atoms with Crippen LogP contribution in [0.15, 0.2) is 36.4 Å². The molecule has 0 unspecified atom stereocenters. The number of rotatable bonds is 8. The third-order valence-corrected chi connectivity index (χ3v) is 4.12. The second-order valence-electron chi connectivity index (χ2n) is 5.98. The van der Waals surface area contributed by atoms with Crippen molar-refractivity contribution in [3.63, 3.8) is 0 Å². The highest BCUT2D eigenvalue weighted by Gasteiger charge is 2.17. The van der Waals surface area contributed by atoms with E-state index in [9.17, 15) is 23.2 Å². The highest BCUT2D eigenvalue weighted by atomic mass is 35.5. The number of anilines is 1. The van der Waals surface area contributed by atoms with Crippen molar-refractivity contribution in [2.75, 3.05) is 25.3 Å². The Morgan fingerprint density at radius 3 is 2.61 bits per heavy atom. The van der Waals surface area contributed by atoms with Gasteiger partial charge in [-0.1, -0.05) is 11.6 Å². The number of benzene rings is 2. The lowest BCUT2D eigenvalue weighted by atomic mass is 10.2. The van der Waals surface area contributed by atoms with Crippen LogP contribution in [0, 0.1) is 0 Å². The van der Waals surface area contributed by atoms with E-state index in [1.165, 1.54) is 24.3 Å². The quantitative estimate of drug-likeness (QED) is 0.587. The Labute approximate surface area is 179 Å². The first-order chi connectivity index (χ1) is 14.8. The monoisotopic (exact) mass is 456 g/mol. The lowest BCUT2D eigenvalue weighted by Gasteiger charge is -2.10. The van der Waals surface area contributed by atoms with E-state index in [0.29, 0.717) is 11.5 Å². The van der Waals surface area contributed by atoms with Crippen molar-refractivity contribution in [1.82, 2.24) is 5.32 Å². The minimum Gasteiger partial charge on any atom is -0.454 e. The van der Waals surface area contributed by atoms with Gasteiger partial charge in [0.15, 0.2) is 18.1 Å². The summed E-state index contributed by atoms with van der Waals surface area (Å²) in [5, 5.41) is 4.60. The molecule has 9 nitrogen and oxygen atoms in total. The molecule has 0 fully saturated rings. The average Bonchev–Trinajstić information content (AvgIpc) is 3.20. The van der Waals surface area contributed by atoms with Gasteiger partial charge in [0, 0.05) is 11.3 Å². The van der Waals surface area contributed by atoms with Crippen LogP contribution >= 0.6 is 11.6 Å². The first kappa shape index (κ1) is 22.1. The molecular formula is C19H15ClF2N2O7. The van der Waals surface area contributed by atoms with Gasteiger partial charge in [0.1, 0.15) is 12.3 Å². The molecule has 0 atom stereocenters. The number of fused-ring (bicyclic) bond motifs is 1. The van der Waals surface area contributed by atoms with Crippen molar-refractivity contribution in [2.24, 2.45) is 0 Å². The lowest BCUT2D eigenvalue weighted by Crippen LogP contribution is -2.32. The van der Waals surface area contributed by atoms with Gasteiger partial charge >= 0.3 is 12.6 Å². The maximum Gasteiger partial charge on any atom is 0.387 e. The molecule has 1 aliphatic heterocycles. The summed E-state index contributed by atoms with van der Waals surface area (Å²) in [4.78, 5) is 35.7. The Morgan fingerprint density at radius 2 is 1.87 bits per heavy atom. The Bertz CT molecular complexity index is 1000. The van der Waals surface area contributed by atoms with Crippen molar-refractivity contribution in [1.29, 1.82) is 0 Å². The van der Waals surface area contributed by atoms with Gasteiger partial charge in [0.05, 0.1) is 5.02 Å². The maximum atomic E-state index is 12.2. The smallest absolute Gasteiger partial charge is 0.387 e. The fourth-order valence-electron chi connectivity index (χ4n) is 2.46. The molecule has 0 aromatic heterocycles. The summed E-state index contributed by atoms with van der Waals surface area (Å²) in [6, 6.07) is 8.18. The molecule has 164 valence electrons. The van der Waals surface area contributed by atoms with Gasteiger partial charge in [-0.25, -0.2) is 0 Å². The van der Waals surface area contributed by atoms with E-state index in [2.05, 4.69) is 15.4 Å². The Kier molecular flexibility index (Phi) is 7.08. The Morgan fingerprint density at radius 1 is 1.10 bits per heavy atom. The second-order valence-corrected chi connectivity index (χ2v) is 6.39.